The van der Waals surface area contributed by atoms with Crippen molar-refractivity contribution in [3.63, 3.8) is 0 Å². The molecular weight excluding hydrogens is 372 g/mol. The molecule has 0 N–H and O–H groups in total. The third-order valence-corrected chi connectivity index (χ3v) is 6.31. The van der Waals surface area contributed by atoms with Gasteiger partial charge in [0.2, 0.25) is 11.8 Å². The molecule has 0 aromatic heterocycles. The van der Waals surface area contributed by atoms with Gasteiger partial charge in [-0.25, -0.2) is 4.90 Å². The quantitative estimate of drug-likeness (QED) is 0.377. The number of hydrogen-bond donors (Lipinski definition) is 0. The molecule has 2 fully saturated rings. The Morgan fingerprint density at radius 1 is 1.07 bits per heavy atom. The Bertz CT molecular complexity index is 769. The van der Waals surface area contributed by atoms with Crippen molar-refractivity contribution in [1.82, 2.24) is 4.90 Å². The number of hydrogen-bond acceptors (Lipinski definition) is 6. The van der Waals surface area contributed by atoms with Crippen LogP contribution in [-0.2, 0) is 9.59 Å². The molecule has 158 valence electrons. The fourth-order valence-electron chi connectivity index (χ4n) is 4.49. The molecule has 2 amide bonds. The van der Waals surface area contributed by atoms with E-state index in [4.69, 9.17) is 0 Å². The van der Waals surface area contributed by atoms with Crippen molar-refractivity contribution in [2.24, 2.45) is 11.8 Å². The number of nitrogens with zero attached hydrogens (tertiary/aromatic N) is 4. The average molecular weight is 402 g/mol. The summed E-state index contributed by atoms with van der Waals surface area (Å²) >= 11 is 0. The van der Waals surface area contributed by atoms with Gasteiger partial charge in [-0.3, -0.25) is 19.7 Å². The number of imide groups is 1. The third-order valence-electron chi connectivity index (χ3n) is 6.31. The second kappa shape index (κ2) is 8.90. The number of likely N-dealkylation sites (N-methyl/N-ethyl adjacent to an activating group) is 2. The number of amides is 2. The smallest absolute Gasteiger partial charge is 0.294 e. The summed E-state index contributed by atoms with van der Waals surface area (Å²) < 4.78 is 0. The maximum atomic E-state index is 12.8. The highest BCUT2D eigenvalue weighted by atomic mass is 16.6. The zero-order chi connectivity index (χ0) is 21.1. The minimum absolute atomic E-state index is 0.0833. The zero-order valence-electron chi connectivity index (χ0n) is 17.5. The molecule has 0 radical (unpaired) electrons. The van der Waals surface area contributed by atoms with E-state index in [2.05, 4.69) is 18.7 Å². The second-order valence-corrected chi connectivity index (χ2v) is 7.89. The van der Waals surface area contributed by atoms with E-state index in [-0.39, 0.29) is 29.3 Å². The van der Waals surface area contributed by atoms with Gasteiger partial charge in [-0.1, -0.05) is 26.7 Å². The summed E-state index contributed by atoms with van der Waals surface area (Å²) in [6.45, 7) is 7.47. The lowest BCUT2D eigenvalue weighted by Crippen LogP contribution is -2.33. The highest BCUT2D eigenvalue weighted by molar-refractivity contribution is 6.22. The molecule has 29 heavy (non-hydrogen) atoms. The van der Waals surface area contributed by atoms with Gasteiger partial charge in [-0.05, 0) is 38.1 Å². The number of rotatable bonds is 8. The molecule has 1 saturated heterocycles. The number of anilines is 2. The maximum Gasteiger partial charge on any atom is 0.294 e. The molecule has 0 spiro atoms. The Labute approximate surface area is 171 Å². The van der Waals surface area contributed by atoms with E-state index in [9.17, 15) is 19.7 Å². The molecular formula is C21H30N4O4. The van der Waals surface area contributed by atoms with E-state index < -0.39 is 4.92 Å². The summed E-state index contributed by atoms with van der Waals surface area (Å²) in [6.07, 6.45) is 3.34. The largest absolute Gasteiger partial charge is 0.368 e. The SMILES string of the molecule is CCN(CC)CCN(C)c1ccc(N2C(=O)[C@@H]3CCCC[C@H]3C2=O)cc1[N+](=O)[O-]. The van der Waals surface area contributed by atoms with Crippen LogP contribution in [0.1, 0.15) is 39.5 Å². The van der Waals surface area contributed by atoms with Crippen LogP contribution in [0.4, 0.5) is 17.1 Å². The van der Waals surface area contributed by atoms with Crippen molar-refractivity contribution in [1.29, 1.82) is 0 Å². The standard InChI is InChI=1S/C21H30N4O4/c1-4-23(5-2)13-12-22(3)18-11-10-15(14-19(18)25(28)29)24-20(26)16-8-6-7-9-17(16)21(24)27/h10-11,14,16-17H,4-9,12-13H2,1-3H3/t16-,17-/m1/s1. The first-order chi connectivity index (χ1) is 13.9. The molecule has 1 aromatic rings. The topological polar surface area (TPSA) is 87.0 Å². The minimum Gasteiger partial charge on any atom is -0.368 e. The number of fused-ring (bicyclic) bond motifs is 1. The van der Waals surface area contributed by atoms with Crippen LogP contribution in [-0.4, -0.2) is 54.9 Å². The fourth-order valence-corrected chi connectivity index (χ4v) is 4.49. The lowest BCUT2D eigenvalue weighted by Gasteiger charge is -2.25. The number of benzene rings is 1. The molecule has 3 rings (SSSR count). The van der Waals surface area contributed by atoms with Gasteiger partial charge in [0.1, 0.15) is 5.69 Å². The molecule has 1 aliphatic heterocycles. The number of nitro benzene ring substituents is 1. The number of nitro groups is 1. The molecule has 2 atom stereocenters. The summed E-state index contributed by atoms with van der Waals surface area (Å²) in [6, 6.07) is 4.68. The molecule has 1 aliphatic carbocycles. The summed E-state index contributed by atoms with van der Waals surface area (Å²) in [5, 5.41) is 11.7. The first kappa shape index (κ1) is 21.2. The number of carbonyl (C=O) groups excluding carboxylic acids is 2. The predicted octanol–water partition coefficient (Wildman–Crippen LogP) is 3.05. The predicted molar refractivity (Wildman–Crippen MR) is 112 cm³/mol. The Balaban J connectivity index is 1.85. The van der Waals surface area contributed by atoms with E-state index >= 15 is 0 Å². The van der Waals surface area contributed by atoms with Crippen molar-refractivity contribution in [3.05, 3.63) is 28.3 Å². The van der Waals surface area contributed by atoms with Crippen LogP contribution in [0.2, 0.25) is 0 Å². The molecule has 8 heteroatoms. The summed E-state index contributed by atoms with van der Waals surface area (Å²) in [5.74, 6) is -0.966. The van der Waals surface area contributed by atoms with Gasteiger partial charge in [-0.2, -0.15) is 0 Å². The van der Waals surface area contributed by atoms with Crippen LogP contribution in [0.3, 0.4) is 0 Å². The lowest BCUT2D eigenvalue weighted by molar-refractivity contribution is -0.384. The third kappa shape index (κ3) is 4.12. The Morgan fingerprint density at radius 2 is 1.66 bits per heavy atom. The highest BCUT2D eigenvalue weighted by Gasteiger charge is 2.49. The molecule has 8 nitrogen and oxygen atoms in total. The summed E-state index contributed by atoms with van der Waals surface area (Å²) in [7, 11) is 1.83. The minimum atomic E-state index is -0.440. The van der Waals surface area contributed by atoms with Crippen molar-refractivity contribution >= 4 is 28.9 Å². The van der Waals surface area contributed by atoms with Gasteiger partial charge < -0.3 is 9.80 Å². The zero-order valence-corrected chi connectivity index (χ0v) is 17.5. The second-order valence-electron chi connectivity index (χ2n) is 7.89. The van der Waals surface area contributed by atoms with E-state index in [0.29, 0.717) is 17.9 Å². The monoisotopic (exact) mass is 402 g/mol. The highest BCUT2D eigenvalue weighted by Crippen LogP contribution is 2.41. The van der Waals surface area contributed by atoms with Crippen molar-refractivity contribution in [2.75, 3.05) is 43.0 Å². The summed E-state index contributed by atoms with van der Waals surface area (Å²) in [5.41, 5.74) is 0.712. The Kier molecular flexibility index (Phi) is 6.52. The van der Waals surface area contributed by atoms with Gasteiger partial charge >= 0.3 is 0 Å². The van der Waals surface area contributed by atoms with Crippen LogP contribution in [0.15, 0.2) is 18.2 Å². The molecule has 1 heterocycles. The lowest BCUT2D eigenvalue weighted by atomic mass is 9.81. The average Bonchev–Trinajstić information content (AvgIpc) is 2.98. The van der Waals surface area contributed by atoms with Crippen LogP contribution < -0.4 is 9.80 Å². The van der Waals surface area contributed by atoms with Gasteiger partial charge in [0, 0.05) is 26.2 Å². The van der Waals surface area contributed by atoms with E-state index in [1.807, 2.05) is 11.9 Å². The van der Waals surface area contributed by atoms with Crippen LogP contribution in [0.5, 0.6) is 0 Å². The molecule has 1 aromatic carbocycles. The van der Waals surface area contributed by atoms with Crippen LogP contribution in [0, 0.1) is 22.0 Å². The summed E-state index contributed by atoms with van der Waals surface area (Å²) in [4.78, 5) is 42.2. The van der Waals surface area contributed by atoms with Crippen molar-refractivity contribution < 1.29 is 14.5 Å². The van der Waals surface area contributed by atoms with E-state index in [1.54, 1.807) is 12.1 Å². The normalized spacial score (nSPS) is 21.6. The van der Waals surface area contributed by atoms with Crippen molar-refractivity contribution in [2.45, 2.75) is 39.5 Å². The van der Waals surface area contributed by atoms with Gasteiger partial charge in [0.15, 0.2) is 0 Å². The maximum absolute atomic E-state index is 12.8. The molecule has 0 bridgehead atoms. The van der Waals surface area contributed by atoms with E-state index in [1.165, 1.54) is 11.0 Å². The Morgan fingerprint density at radius 3 is 2.17 bits per heavy atom. The van der Waals surface area contributed by atoms with Gasteiger partial charge in [-0.15, -0.1) is 0 Å². The fraction of sp³-hybridized carbons (Fsp3) is 0.619. The van der Waals surface area contributed by atoms with Gasteiger partial charge in [0.05, 0.1) is 22.4 Å². The molecule has 1 saturated carbocycles. The first-order valence-electron chi connectivity index (χ1n) is 10.5. The van der Waals surface area contributed by atoms with Crippen LogP contribution in [0.25, 0.3) is 0 Å². The number of carbonyl (C=O) groups is 2. The molecule has 0 unspecified atom stereocenters. The van der Waals surface area contributed by atoms with Crippen LogP contribution >= 0.6 is 0 Å². The van der Waals surface area contributed by atoms with Gasteiger partial charge in [0.25, 0.3) is 5.69 Å². The Hall–Kier alpha value is -2.48. The molecule has 2 aliphatic rings. The van der Waals surface area contributed by atoms with Crippen molar-refractivity contribution in [3.8, 4) is 0 Å². The van der Waals surface area contributed by atoms with E-state index in [0.717, 1.165) is 45.3 Å². The first-order valence-corrected chi connectivity index (χ1v) is 10.5.